The maximum atomic E-state index is 12.3. The van der Waals surface area contributed by atoms with Gasteiger partial charge in [0.15, 0.2) is 0 Å². The topological polar surface area (TPSA) is 60.4 Å². The van der Waals surface area contributed by atoms with Crippen LogP contribution in [0.2, 0.25) is 5.02 Å². The molecule has 0 saturated carbocycles. The van der Waals surface area contributed by atoms with E-state index in [1.807, 2.05) is 0 Å². The van der Waals surface area contributed by atoms with Gasteiger partial charge >= 0.3 is 5.97 Å². The Bertz CT molecular complexity index is 539. The van der Waals surface area contributed by atoms with Gasteiger partial charge in [-0.25, -0.2) is 0 Å². The first kappa shape index (κ1) is 17.4. The Morgan fingerprint density at radius 1 is 1.19 bits per heavy atom. The van der Waals surface area contributed by atoms with E-state index in [1.54, 1.807) is 38.1 Å². The Morgan fingerprint density at radius 2 is 1.81 bits per heavy atom. The van der Waals surface area contributed by atoms with E-state index in [4.69, 9.17) is 16.3 Å². The van der Waals surface area contributed by atoms with Gasteiger partial charge in [-0.15, -0.1) is 0 Å². The molecule has 0 bridgehead atoms. The summed E-state index contributed by atoms with van der Waals surface area (Å²) in [5.74, 6) is -3.36. The van der Waals surface area contributed by atoms with E-state index in [0.29, 0.717) is 10.6 Å². The number of esters is 1. The molecule has 1 aromatic carbocycles. The van der Waals surface area contributed by atoms with Crippen molar-refractivity contribution in [3.63, 3.8) is 0 Å². The van der Waals surface area contributed by atoms with Crippen LogP contribution in [0.25, 0.3) is 0 Å². The summed E-state index contributed by atoms with van der Waals surface area (Å²) in [7, 11) is 0. The smallest absolute Gasteiger partial charge is 0.317 e. The highest BCUT2D eigenvalue weighted by molar-refractivity contribution is 6.31. The highest BCUT2D eigenvalue weighted by Crippen LogP contribution is 2.33. The van der Waals surface area contributed by atoms with Crippen LogP contribution in [-0.4, -0.2) is 24.1 Å². The molecule has 4 nitrogen and oxygen atoms in total. The zero-order chi connectivity index (χ0) is 16.0. The molecule has 0 fully saturated rings. The molecule has 0 aliphatic carbocycles. The summed E-state index contributed by atoms with van der Waals surface area (Å²) in [5.41, 5.74) is 0.485. The third-order valence-corrected chi connectivity index (χ3v) is 3.59. The summed E-state index contributed by atoms with van der Waals surface area (Å²) in [6.07, 6.45) is 0.207. The van der Waals surface area contributed by atoms with Crippen molar-refractivity contribution < 1.29 is 19.1 Å². The van der Waals surface area contributed by atoms with Crippen LogP contribution in [0.4, 0.5) is 0 Å². The van der Waals surface area contributed by atoms with E-state index in [9.17, 15) is 14.4 Å². The SMILES string of the molecule is CCOC(=O)C(C(C)=O)C(C(=O)CC)c1ccccc1Cl. The van der Waals surface area contributed by atoms with Crippen molar-refractivity contribution >= 4 is 29.1 Å². The zero-order valence-corrected chi connectivity index (χ0v) is 13.1. The first-order valence-electron chi connectivity index (χ1n) is 6.88. The number of carbonyl (C=O) groups excluding carboxylic acids is 3. The quantitative estimate of drug-likeness (QED) is 0.573. The zero-order valence-electron chi connectivity index (χ0n) is 12.4. The molecule has 114 valence electrons. The monoisotopic (exact) mass is 310 g/mol. The van der Waals surface area contributed by atoms with Gasteiger partial charge in [0, 0.05) is 11.4 Å². The van der Waals surface area contributed by atoms with Gasteiger partial charge in [-0.2, -0.15) is 0 Å². The average Bonchev–Trinajstić information content (AvgIpc) is 2.44. The number of hydrogen-bond donors (Lipinski definition) is 0. The summed E-state index contributed by atoms with van der Waals surface area (Å²) in [6, 6.07) is 6.75. The molecule has 0 N–H and O–H groups in total. The molecule has 21 heavy (non-hydrogen) atoms. The third kappa shape index (κ3) is 4.14. The van der Waals surface area contributed by atoms with E-state index in [0.717, 1.165) is 0 Å². The maximum Gasteiger partial charge on any atom is 0.317 e. The Kier molecular flexibility index (Phi) is 6.56. The molecule has 1 rings (SSSR count). The average molecular weight is 311 g/mol. The second-order valence-corrected chi connectivity index (χ2v) is 5.07. The summed E-state index contributed by atoms with van der Waals surface area (Å²) in [6.45, 7) is 4.78. The van der Waals surface area contributed by atoms with Gasteiger partial charge in [0.25, 0.3) is 0 Å². The van der Waals surface area contributed by atoms with Crippen molar-refractivity contribution in [3.8, 4) is 0 Å². The third-order valence-electron chi connectivity index (χ3n) is 3.25. The Labute approximate surface area is 129 Å². The molecule has 0 heterocycles. The van der Waals surface area contributed by atoms with Crippen LogP contribution in [0.15, 0.2) is 24.3 Å². The number of ether oxygens (including phenoxy) is 1. The van der Waals surface area contributed by atoms with Gasteiger partial charge in [-0.1, -0.05) is 36.7 Å². The van der Waals surface area contributed by atoms with E-state index >= 15 is 0 Å². The van der Waals surface area contributed by atoms with Crippen LogP contribution in [-0.2, 0) is 19.1 Å². The van der Waals surface area contributed by atoms with Gasteiger partial charge in [0.05, 0.1) is 12.5 Å². The number of carbonyl (C=O) groups is 3. The van der Waals surface area contributed by atoms with Crippen molar-refractivity contribution in [1.29, 1.82) is 0 Å². The highest BCUT2D eigenvalue weighted by Gasteiger charge is 2.39. The van der Waals surface area contributed by atoms with Crippen LogP contribution < -0.4 is 0 Å². The van der Waals surface area contributed by atoms with Crippen molar-refractivity contribution in [1.82, 2.24) is 0 Å². The molecular formula is C16H19ClO4. The lowest BCUT2D eigenvalue weighted by molar-refractivity contribution is -0.154. The second-order valence-electron chi connectivity index (χ2n) is 4.66. The first-order chi connectivity index (χ1) is 9.93. The van der Waals surface area contributed by atoms with Gasteiger partial charge in [-0.3, -0.25) is 14.4 Å². The predicted molar refractivity (Wildman–Crippen MR) is 80.3 cm³/mol. The van der Waals surface area contributed by atoms with Gasteiger partial charge < -0.3 is 4.74 Å². The molecule has 0 radical (unpaired) electrons. The second kappa shape index (κ2) is 7.93. The summed E-state index contributed by atoms with van der Waals surface area (Å²) >= 11 is 6.13. The van der Waals surface area contributed by atoms with Crippen LogP contribution in [0.3, 0.4) is 0 Å². The van der Waals surface area contributed by atoms with Crippen molar-refractivity contribution in [2.45, 2.75) is 33.1 Å². The Hall–Kier alpha value is -1.68. The minimum absolute atomic E-state index is 0.151. The van der Waals surface area contributed by atoms with Crippen molar-refractivity contribution in [2.24, 2.45) is 5.92 Å². The molecule has 0 saturated heterocycles. The van der Waals surface area contributed by atoms with Gasteiger partial charge in [0.1, 0.15) is 17.5 Å². The van der Waals surface area contributed by atoms with Crippen LogP contribution in [0, 0.1) is 5.92 Å². The molecule has 0 amide bonds. The largest absolute Gasteiger partial charge is 0.465 e. The van der Waals surface area contributed by atoms with Crippen LogP contribution >= 0.6 is 11.6 Å². The lowest BCUT2D eigenvalue weighted by Crippen LogP contribution is -2.34. The van der Waals surface area contributed by atoms with E-state index in [2.05, 4.69) is 0 Å². The number of ketones is 2. The molecule has 0 aromatic heterocycles. The molecule has 5 heteroatoms. The van der Waals surface area contributed by atoms with Gasteiger partial charge in [0.2, 0.25) is 0 Å². The Balaban J connectivity index is 3.35. The number of benzene rings is 1. The van der Waals surface area contributed by atoms with E-state index < -0.39 is 23.6 Å². The number of halogens is 1. The fourth-order valence-electron chi connectivity index (χ4n) is 2.25. The highest BCUT2D eigenvalue weighted by atomic mass is 35.5. The number of hydrogen-bond acceptors (Lipinski definition) is 4. The number of rotatable bonds is 7. The fraction of sp³-hybridized carbons (Fsp3) is 0.438. The Morgan fingerprint density at radius 3 is 2.29 bits per heavy atom. The summed E-state index contributed by atoms with van der Waals surface area (Å²) in [4.78, 5) is 36.3. The molecule has 0 spiro atoms. The fourth-order valence-corrected chi connectivity index (χ4v) is 2.51. The van der Waals surface area contributed by atoms with Gasteiger partial charge in [-0.05, 0) is 25.5 Å². The molecule has 1 aromatic rings. The predicted octanol–water partition coefficient (Wildman–Crippen LogP) is 3.17. The summed E-state index contributed by atoms with van der Waals surface area (Å²) < 4.78 is 4.95. The molecule has 0 aliphatic heterocycles. The lowest BCUT2D eigenvalue weighted by Gasteiger charge is -2.23. The summed E-state index contributed by atoms with van der Waals surface area (Å²) in [5, 5.41) is 0.361. The molecule has 0 aliphatic rings. The minimum Gasteiger partial charge on any atom is -0.465 e. The number of Topliss-reactive ketones (excluding diaryl/α,β-unsaturated/α-hetero) is 2. The normalized spacial score (nSPS) is 13.3. The van der Waals surface area contributed by atoms with E-state index in [1.165, 1.54) is 6.92 Å². The van der Waals surface area contributed by atoms with E-state index in [-0.39, 0.29) is 18.8 Å². The molecular weight excluding hydrogens is 292 g/mol. The first-order valence-corrected chi connectivity index (χ1v) is 7.26. The lowest BCUT2D eigenvalue weighted by atomic mass is 9.80. The molecule has 2 unspecified atom stereocenters. The molecule has 2 atom stereocenters. The minimum atomic E-state index is -1.16. The maximum absolute atomic E-state index is 12.3. The van der Waals surface area contributed by atoms with Crippen molar-refractivity contribution in [3.05, 3.63) is 34.9 Å². The van der Waals surface area contributed by atoms with Crippen LogP contribution in [0.5, 0.6) is 0 Å². The van der Waals surface area contributed by atoms with Crippen LogP contribution in [0.1, 0.15) is 38.7 Å². The van der Waals surface area contributed by atoms with Crippen molar-refractivity contribution in [2.75, 3.05) is 6.61 Å². The standard InChI is InChI=1S/C16H19ClO4/c1-4-13(19)15(11-8-6-7-9-12(11)17)14(10(3)18)16(20)21-5-2/h6-9,14-15H,4-5H2,1-3H3.